The smallest absolute Gasteiger partial charge is 0.191 e. The van der Waals surface area contributed by atoms with Crippen molar-refractivity contribution in [1.82, 2.24) is 19.7 Å². The van der Waals surface area contributed by atoms with Gasteiger partial charge in [0.2, 0.25) is 0 Å². The van der Waals surface area contributed by atoms with Crippen molar-refractivity contribution in [3.8, 4) is 16.3 Å². The molecule has 0 fully saturated rings. The zero-order chi connectivity index (χ0) is 18.5. The lowest BCUT2D eigenvalue weighted by Crippen LogP contribution is -2.04. The SMILES string of the molecule is Cn1c(COc2ccccc2)nnc1SCc1csc(-c2ccccc2)n1. The second-order valence-corrected chi connectivity index (χ2v) is 7.66. The van der Waals surface area contributed by atoms with E-state index in [1.165, 1.54) is 0 Å². The van der Waals surface area contributed by atoms with Gasteiger partial charge in [0.1, 0.15) is 17.4 Å². The van der Waals surface area contributed by atoms with Gasteiger partial charge in [-0.05, 0) is 12.1 Å². The molecule has 27 heavy (non-hydrogen) atoms. The molecule has 0 N–H and O–H groups in total. The maximum atomic E-state index is 5.76. The van der Waals surface area contributed by atoms with Gasteiger partial charge in [-0.2, -0.15) is 0 Å². The van der Waals surface area contributed by atoms with E-state index in [9.17, 15) is 0 Å². The van der Waals surface area contributed by atoms with Crippen LogP contribution in [-0.2, 0) is 19.4 Å². The largest absolute Gasteiger partial charge is 0.486 e. The highest BCUT2D eigenvalue weighted by Crippen LogP contribution is 2.27. The number of nitrogens with zero attached hydrogens (tertiary/aromatic N) is 4. The zero-order valence-corrected chi connectivity index (χ0v) is 16.4. The molecule has 2 heterocycles. The van der Waals surface area contributed by atoms with Gasteiger partial charge in [0, 0.05) is 23.7 Å². The van der Waals surface area contributed by atoms with E-state index < -0.39 is 0 Å². The van der Waals surface area contributed by atoms with Gasteiger partial charge in [0.15, 0.2) is 11.0 Å². The maximum absolute atomic E-state index is 5.76. The molecule has 7 heteroatoms. The molecular weight excluding hydrogens is 376 g/mol. The molecule has 0 aliphatic heterocycles. The molecule has 0 spiro atoms. The Hall–Kier alpha value is -2.64. The minimum absolute atomic E-state index is 0.392. The first-order valence-electron chi connectivity index (χ1n) is 8.48. The van der Waals surface area contributed by atoms with Gasteiger partial charge in [-0.1, -0.05) is 60.3 Å². The van der Waals surface area contributed by atoms with Crippen LogP contribution < -0.4 is 4.74 Å². The number of hydrogen-bond acceptors (Lipinski definition) is 6. The maximum Gasteiger partial charge on any atom is 0.191 e. The lowest BCUT2D eigenvalue weighted by Gasteiger charge is -2.06. The van der Waals surface area contributed by atoms with Crippen LogP contribution in [0.15, 0.2) is 71.2 Å². The molecule has 4 aromatic rings. The molecule has 0 radical (unpaired) electrons. The molecule has 0 saturated carbocycles. The van der Waals surface area contributed by atoms with Gasteiger partial charge < -0.3 is 9.30 Å². The summed E-state index contributed by atoms with van der Waals surface area (Å²) < 4.78 is 7.73. The summed E-state index contributed by atoms with van der Waals surface area (Å²) in [6, 6.07) is 20.0. The van der Waals surface area contributed by atoms with Gasteiger partial charge >= 0.3 is 0 Å². The van der Waals surface area contributed by atoms with Gasteiger partial charge in [-0.25, -0.2) is 4.98 Å². The van der Waals surface area contributed by atoms with Gasteiger partial charge in [0.05, 0.1) is 5.69 Å². The fourth-order valence-electron chi connectivity index (χ4n) is 2.49. The summed E-state index contributed by atoms with van der Waals surface area (Å²) >= 11 is 3.29. The summed E-state index contributed by atoms with van der Waals surface area (Å²) in [5, 5.41) is 12.5. The number of thioether (sulfide) groups is 1. The third kappa shape index (κ3) is 4.37. The van der Waals surface area contributed by atoms with Crippen LogP contribution in [0.25, 0.3) is 10.6 Å². The first-order valence-corrected chi connectivity index (χ1v) is 10.3. The molecule has 0 atom stereocenters. The van der Waals surface area contributed by atoms with Crippen LogP contribution in [0.1, 0.15) is 11.5 Å². The van der Waals surface area contributed by atoms with Crippen molar-refractivity contribution in [1.29, 1.82) is 0 Å². The van der Waals surface area contributed by atoms with Gasteiger partial charge in [-0.15, -0.1) is 21.5 Å². The molecule has 0 aliphatic rings. The van der Waals surface area contributed by atoms with Crippen LogP contribution in [0.4, 0.5) is 0 Å². The third-order valence-corrected chi connectivity index (χ3v) is 5.95. The van der Waals surface area contributed by atoms with Crippen molar-refractivity contribution in [2.24, 2.45) is 7.05 Å². The van der Waals surface area contributed by atoms with E-state index in [1.807, 2.05) is 60.1 Å². The van der Waals surface area contributed by atoms with Crippen LogP contribution in [0.3, 0.4) is 0 Å². The first kappa shape index (κ1) is 17.8. The van der Waals surface area contributed by atoms with Crippen LogP contribution in [-0.4, -0.2) is 19.7 Å². The van der Waals surface area contributed by atoms with Crippen molar-refractivity contribution < 1.29 is 4.74 Å². The number of rotatable bonds is 7. The monoisotopic (exact) mass is 394 g/mol. The van der Waals surface area contributed by atoms with Gasteiger partial charge in [-0.3, -0.25) is 0 Å². The Balaban J connectivity index is 1.36. The summed E-state index contributed by atoms with van der Waals surface area (Å²) in [6.45, 7) is 0.392. The van der Waals surface area contributed by atoms with E-state index in [2.05, 4.69) is 27.7 Å². The number of ether oxygens (including phenoxy) is 1. The number of hydrogen-bond donors (Lipinski definition) is 0. The molecule has 0 aliphatic carbocycles. The van der Waals surface area contributed by atoms with E-state index in [0.717, 1.165) is 38.7 Å². The Morgan fingerprint density at radius 3 is 2.52 bits per heavy atom. The highest BCUT2D eigenvalue weighted by atomic mass is 32.2. The second-order valence-electron chi connectivity index (χ2n) is 5.86. The highest BCUT2D eigenvalue weighted by Gasteiger charge is 2.11. The third-order valence-electron chi connectivity index (χ3n) is 3.96. The van der Waals surface area contributed by atoms with Crippen LogP contribution in [0, 0.1) is 0 Å². The summed E-state index contributed by atoms with van der Waals surface area (Å²) in [7, 11) is 1.96. The van der Waals surface area contributed by atoms with Crippen LogP contribution >= 0.6 is 23.1 Å². The molecule has 0 saturated heterocycles. The molecule has 0 amide bonds. The molecule has 0 unspecified atom stereocenters. The standard InChI is InChI=1S/C20H18N4OS2/c1-24-18(12-25-17-10-6-3-7-11-17)22-23-20(24)27-14-16-13-26-19(21-16)15-8-4-2-5-9-15/h2-11,13H,12,14H2,1H3. The lowest BCUT2D eigenvalue weighted by atomic mass is 10.2. The van der Waals surface area contributed by atoms with Crippen molar-refractivity contribution in [3.05, 3.63) is 77.6 Å². The van der Waals surface area contributed by atoms with Crippen molar-refractivity contribution >= 4 is 23.1 Å². The Labute approximate surface area is 166 Å². The Kier molecular flexibility index (Phi) is 5.50. The molecule has 136 valence electrons. The Bertz CT molecular complexity index is 999. The lowest BCUT2D eigenvalue weighted by molar-refractivity contribution is 0.290. The number of aromatic nitrogens is 4. The summed E-state index contributed by atoms with van der Waals surface area (Å²) in [5.41, 5.74) is 2.20. The van der Waals surface area contributed by atoms with E-state index in [1.54, 1.807) is 23.1 Å². The van der Waals surface area contributed by atoms with E-state index in [-0.39, 0.29) is 0 Å². The Morgan fingerprint density at radius 1 is 1.00 bits per heavy atom. The van der Waals surface area contributed by atoms with Crippen molar-refractivity contribution in [3.63, 3.8) is 0 Å². The first-order chi connectivity index (χ1) is 13.3. The molecule has 4 rings (SSSR count). The quantitative estimate of drug-likeness (QED) is 0.421. The second kappa shape index (κ2) is 8.37. The van der Waals surface area contributed by atoms with E-state index in [0.29, 0.717) is 6.61 Å². The van der Waals surface area contributed by atoms with Gasteiger partial charge in [0.25, 0.3) is 0 Å². The van der Waals surface area contributed by atoms with Crippen LogP contribution in [0.5, 0.6) is 5.75 Å². The molecule has 2 aromatic carbocycles. The zero-order valence-electron chi connectivity index (χ0n) is 14.8. The summed E-state index contributed by atoms with van der Waals surface area (Å²) in [5.74, 6) is 2.38. The van der Waals surface area contributed by atoms with E-state index >= 15 is 0 Å². The average Bonchev–Trinajstić information content (AvgIpc) is 3.33. The molecule has 5 nitrogen and oxygen atoms in total. The normalized spacial score (nSPS) is 10.9. The minimum Gasteiger partial charge on any atom is -0.486 e. The number of thiazole rings is 1. The molecule has 2 aromatic heterocycles. The van der Waals surface area contributed by atoms with Crippen LogP contribution in [0.2, 0.25) is 0 Å². The summed E-state index contributed by atoms with van der Waals surface area (Å²) in [4.78, 5) is 4.72. The highest BCUT2D eigenvalue weighted by molar-refractivity contribution is 7.98. The molecular formula is C20H18N4OS2. The Morgan fingerprint density at radius 2 is 1.74 bits per heavy atom. The number of para-hydroxylation sites is 1. The van der Waals surface area contributed by atoms with Crippen molar-refractivity contribution in [2.75, 3.05) is 0 Å². The van der Waals surface area contributed by atoms with E-state index in [4.69, 9.17) is 9.72 Å². The number of benzene rings is 2. The fraction of sp³-hybridized carbons (Fsp3) is 0.150. The van der Waals surface area contributed by atoms with Crippen molar-refractivity contribution in [2.45, 2.75) is 17.5 Å². The minimum atomic E-state index is 0.392. The topological polar surface area (TPSA) is 52.8 Å². The predicted octanol–water partition coefficient (Wildman–Crippen LogP) is 4.81. The predicted molar refractivity (Wildman–Crippen MR) is 109 cm³/mol. The molecule has 0 bridgehead atoms. The summed E-state index contributed by atoms with van der Waals surface area (Å²) in [6.07, 6.45) is 0. The fourth-order valence-corrected chi connectivity index (χ4v) is 4.24. The average molecular weight is 395 g/mol.